The van der Waals surface area contributed by atoms with Gasteiger partial charge in [-0.2, -0.15) is 0 Å². The van der Waals surface area contributed by atoms with E-state index in [2.05, 4.69) is 20.8 Å². The molecule has 0 aliphatic carbocycles. The molecular weight excluding hydrogens is 285 g/mol. The average molecular weight is 292 g/mol. The molecule has 0 saturated carbocycles. The summed E-state index contributed by atoms with van der Waals surface area (Å²) in [6.45, 7) is -0.645. The number of rotatable bonds is 4. The first kappa shape index (κ1) is 12.6. The number of aliphatic carboxylic acids is 1. The molecular formula is C9H7BrFNO4. The SMILES string of the molecule is O=C(O)CONC(=O)c1ccc(F)c(Br)c1. The van der Waals surface area contributed by atoms with Crippen molar-refractivity contribution in [1.82, 2.24) is 5.48 Å². The quantitative estimate of drug-likeness (QED) is 0.821. The second kappa shape index (κ2) is 5.57. The first-order chi connectivity index (χ1) is 7.50. The predicted octanol–water partition coefficient (Wildman–Crippen LogP) is 1.33. The van der Waals surface area contributed by atoms with Crippen molar-refractivity contribution in [2.75, 3.05) is 6.61 Å². The van der Waals surface area contributed by atoms with Gasteiger partial charge in [-0.1, -0.05) is 0 Å². The van der Waals surface area contributed by atoms with Crippen LogP contribution in [0.4, 0.5) is 4.39 Å². The van der Waals surface area contributed by atoms with Crippen LogP contribution in [0.25, 0.3) is 0 Å². The fraction of sp³-hybridized carbons (Fsp3) is 0.111. The van der Waals surface area contributed by atoms with Gasteiger partial charge in [0.1, 0.15) is 5.82 Å². The maximum atomic E-state index is 12.8. The number of hydrogen-bond acceptors (Lipinski definition) is 3. The van der Waals surface area contributed by atoms with E-state index in [1.54, 1.807) is 0 Å². The maximum Gasteiger partial charge on any atom is 0.332 e. The molecule has 5 nitrogen and oxygen atoms in total. The van der Waals surface area contributed by atoms with E-state index in [4.69, 9.17) is 5.11 Å². The number of amides is 1. The summed E-state index contributed by atoms with van der Waals surface area (Å²) in [7, 11) is 0. The summed E-state index contributed by atoms with van der Waals surface area (Å²) in [5, 5.41) is 8.24. The van der Waals surface area contributed by atoms with Crippen molar-refractivity contribution in [3.63, 3.8) is 0 Å². The molecule has 0 unspecified atom stereocenters. The Balaban J connectivity index is 2.59. The van der Waals surface area contributed by atoms with E-state index in [-0.39, 0.29) is 10.0 Å². The van der Waals surface area contributed by atoms with Gasteiger partial charge >= 0.3 is 5.97 Å². The molecule has 0 saturated heterocycles. The van der Waals surface area contributed by atoms with Crippen molar-refractivity contribution in [3.05, 3.63) is 34.1 Å². The third kappa shape index (κ3) is 3.59. The van der Waals surface area contributed by atoms with Crippen molar-refractivity contribution < 1.29 is 23.9 Å². The van der Waals surface area contributed by atoms with Gasteiger partial charge in [-0.15, -0.1) is 0 Å². The molecule has 0 bridgehead atoms. The standard InChI is InChI=1S/C9H7BrFNO4/c10-6-3-5(1-2-7(6)11)9(15)12-16-4-8(13)14/h1-3H,4H2,(H,12,15)(H,13,14). The Morgan fingerprint density at radius 1 is 1.50 bits per heavy atom. The highest BCUT2D eigenvalue weighted by molar-refractivity contribution is 9.10. The maximum absolute atomic E-state index is 12.8. The van der Waals surface area contributed by atoms with E-state index in [1.807, 2.05) is 5.48 Å². The second-order valence-electron chi connectivity index (χ2n) is 2.74. The fourth-order valence-corrected chi connectivity index (χ4v) is 1.24. The number of hydroxylamine groups is 1. The van der Waals surface area contributed by atoms with Gasteiger partial charge in [-0.3, -0.25) is 9.63 Å². The first-order valence-electron chi connectivity index (χ1n) is 4.09. The summed E-state index contributed by atoms with van der Waals surface area (Å²) >= 11 is 2.92. The van der Waals surface area contributed by atoms with Crippen LogP contribution in [-0.2, 0) is 9.63 Å². The Hall–Kier alpha value is -1.47. The van der Waals surface area contributed by atoms with Gasteiger partial charge in [0.2, 0.25) is 0 Å². The van der Waals surface area contributed by atoms with Gasteiger partial charge in [-0.05, 0) is 34.1 Å². The largest absolute Gasteiger partial charge is 0.479 e. The third-order valence-corrected chi connectivity index (χ3v) is 2.15. The molecule has 0 heterocycles. The summed E-state index contributed by atoms with van der Waals surface area (Å²) < 4.78 is 13.0. The van der Waals surface area contributed by atoms with Crippen LogP contribution in [0.3, 0.4) is 0 Å². The zero-order valence-corrected chi connectivity index (χ0v) is 9.45. The molecule has 0 aliphatic rings. The molecule has 1 rings (SSSR count). The molecule has 0 fully saturated rings. The van der Waals surface area contributed by atoms with Crippen molar-refractivity contribution in [2.24, 2.45) is 0 Å². The highest BCUT2D eigenvalue weighted by Crippen LogP contribution is 2.16. The molecule has 0 atom stereocenters. The van der Waals surface area contributed by atoms with Crippen molar-refractivity contribution in [1.29, 1.82) is 0 Å². The Kier molecular flexibility index (Phi) is 4.39. The minimum Gasteiger partial charge on any atom is -0.479 e. The van der Waals surface area contributed by atoms with Crippen LogP contribution in [0.15, 0.2) is 22.7 Å². The normalized spacial score (nSPS) is 9.88. The van der Waals surface area contributed by atoms with Crippen molar-refractivity contribution in [2.45, 2.75) is 0 Å². The van der Waals surface area contributed by atoms with E-state index < -0.39 is 24.3 Å². The summed E-state index contributed by atoms with van der Waals surface area (Å²) in [5.74, 6) is -2.36. The van der Waals surface area contributed by atoms with Gasteiger partial charge in [0.25, 0.3) is 5.91 Å². The van der Waals surface area contributed by atoms with Gasteiger partial charge in [-0.25, -0.2) is 14.7 Å². The lowest BCUT2D eigenvalue weighted by atomic mass is 10.2. The summed E-state index contributed by atoms with van der Waals surface area (Å²) in [4.78, 5) is 25.8. The van der Waals surface area contributed by atoms with E-state index in [0.717, 1.165) is 6.07 Å². The fourth-order valence-electron chi connectivity index (χ4n) is 0.860. The van der Waals surface area contributed by atoms with Gasteiger partial charge in [0.05, 0.1) is 4.47 Å². The lowest BCUT2D eigenvalue weighted by molar-refractivity contribution is -0.144. The summed E-state index contributed by atoms with van der Waals surface area (Å²) in [5.41, 5.74) is 2.07. The molecule has 1 amide bonds. The number of benzene rings is 1. The van der Waals surface area contributed by atoms with Crippen LogP contribution in [0.5, 0.6) is 0 Å². The van der Waals surface area contributed by atoms with E-state index in [0.29, 0.717) is 0 Å². The molecule has 86 valence electrons. The van der Waals surface area contributed by atoms with Crippen LogP contribution in [0, 0.1) is 5.82 Å². The highest BCUT2D eigenvalue weighted by Gasteiger charge is 2.08. The minimum absolute atomic E-state index is 0.137. The topological polar surface area (TPSA) is 75.6 Å². The molecule has 1 aromatic carbocycles. The predicted molar refractivity (Wildman–Crippen MR) is 55.2 cm³/mol. The lowest BCUT2D eigenvalue weighted by Crippen LogP contribution is -2.26. The zero-order valence-electron chi connectivity index (χ0n) is 7.87. The zero-order chi connectivity index (χ0) is 12.1. The molecule has 0 radical (unpaired) electrons. The summed E-state index contributed by atoms with van der Waals surface area (Å²) in [6, 6.07) is 3.62. The molecule has 0 aromatic heterocycles. The second-order valence-corrected chi connectivity index (χ2v) is 3.60. The molecule has 0 aliphatic heterocycles. The summed E-state index contributed by atoms with van der Waals surface area (Å²) in [6.07, 6.45) is 0. The third-order valence-electron chi connectivity index (χ3n) is 1.54. The highest BCUT2D eigenvalue weighted by atomic mass is 79.9. The van der Waals surface area contributed by atoms with Crippen molar-refractivity contribution in [3.8, 4) is 0 Å². The minimum atomic E-state index is -1.21. The number of carbonyl (C=O) groups excluding carboxylic acids is 1. The van der Waals surface area contributed by atoms with Crippen LogP contribution >= 0.6 is 15.9 Å². The Bertz CT molecular complexity index is 424. The number of hydrogen-bond donors (Lipinski definition) is 2. The van der Waals surface area contributed by atoms with E-state index in [1.165, 1.54) is 12.1 Å². The number of carbonyl (C=O) groups is 2. The van der Waals surface area contributed by atoms with Gasteiger partial charge in [0.15, 0.2) is 6.61 Å². The van der Waals surface area contributed by atoms with E-state index in [9.17, 15) is 14.0 Å². The van der Waals surface area contributed by atoms with Crippen LogP contribution in [0.1, 0.15) is 10.4 Å². The molecule has 1 aromatic rings. The van der Waals surface area contributed by atoms with E-state index >= 15 is 0 Å². The van der Waals surface area contributed by atoms with Crippen molar-refractivity contribution >= 4 is 27.8 Å². The Morgan fingerprint density at radius 2 is 2.19 bits per heavy atom. The number of carboxylic acid groups (broad SMARTS) is 1. The van der Waals surface area contributed by atoms with Crippen LogP contribution < -0.4 is 5.48 Å². The van der Waals surface area contributed by atoms with Gasteiger partial charge < -0.3 is 5.11 Å². The Labute approximate surface area is 98.3 Å². The number of halogens is 2. The molecule has 16 heavy (non-hydrogen) atoms. The smallest absolute Gasteiger partial charge is 0.332 e. The van der Waals surface area contributed by atoms with Gasteiger partial charge in [0, 0.05) is 5.56 Å². The monoisotopic (exact) mass is 291 g/mol. The van der Waals surface area contributed by atoms with Crippen LogP contribution in [0.2, 0.25) is 0 Å². The number of carboxylic acids is 1. The molecule has 2 N–H and O–H groups in total. The first-order valence-corrected chi connectivity index (χ1v) is 4.89. The molecule has 7 heteroatoms. The van der Waals surface area contributed by atoms with Crippen LogP contribution in [-0.4, -0.2) is 23.6 Å². The number of nitrogens with one attached hydrogen (secondary N) is 1. The average Bonchev–Trinajstić information content (AvgIpc) is 2.21. The lowest BCUT2D eigenvalue weighted by Gasteiger charge is -2.04. The molecule has 0 spiro atoms. The Morgan fingerprint density at radius 3 is 2.75 bits per heavy atom.